The first-order valence-electron chi connectivity index (χ1n) is 5.70. The highest BCUT2D eigenvalue weighted by Crippen LogP contribution is 2.28. The molecule has 0 aliphatic carbocycles. The fourth-order valence-corrected chi connectivity index (χ4v) is 3.07. The number of carboxylic acid groups (broad SMARTS) is 1. The van der Waals surface area contributed by atoms with E-state index in [4.69, 9.17) is 10.8 Å². The number of anilines is 1. The molecule has 3 N–H and O–H groups in total. The van der Waals surface area contributed by atoms with Gasteiger partial charge in [-0.25, -0.2) is 19.4 Å². The number of hydrogen-bond acceptors (Lipinski definition) is 5. The van der Waals surface area contributed by atoms with Crippen LogP contribution in [0.4, 0.5) is 10.6 Å². The lowest BCUT2D eigenvalue weighted by molar-refractivity contribution is 0.154. The average Bonchev–Trinajstić information content (AvgIpc) is 2.95. The zero-order valence-electron chi connectivity index (χ0n) is 9.82. The Labute approximate surface area is 121 Å². The van der Waals surface area contributed by atoms with E-state index in [1.54, 1.807) is 4.68 Å². The molecule has 3 rings (SSSR count). The maximum Gasteiger partial charge on any atom is 0.407 e. The van der Waals surface area contributed by atoms with Gasteiger partial charge in [0, 0.05) is 13.1 Å². The second kappa shape index (κ2) is 4.47. The molecule has 1 aliphatic rings. The summed E-state index contributed by atoms with van der Waals surface area (Å²) in [6, 6.07) is -0.00332. The monoisotopic (exact) mass is 374 g/mol. The third kappa shape index (κ3) is 1.97. The fourth-order valence-electron chi connectivity index (χ4n) is 2.32. The molecule has 1 saturated heterocycles. The van der Waals surface area contributed by atoms with Crippen LogP contribution in [0.25, 0.3) is 11.0 Å². The number of carbonyl (C=O) groups is 1. The van der Waals surface area contributed by atoms with Crippen LogP contribution in [-0.4, -0.2) is 48.9 Å². The lowest BCUT2D eigenvalue weighted by atomic mass is 10.2. The molecule has 0 radical (unpaired) electrons. The number of likely N-dealkylation sites (tertiary alicyclic amines) is 1. The van der Waals surface area contributed by atoms with Gasteiger partial charge in [-0.3, -0.25) is 0 Å². The van der Waals surface area contributed by atoms with Crippen LogP contribution in [-0.2, 0) is 0 Å². The summed E-state index contributed by atoms with van der Waals surface area (Å²) in [4.78, 5) is 20.5. The van der Waals surface area contributed by atoms with E-state index in [-0.39, 0.29) is 6.04 Å². The number of halogens is 1. The van der Waals surface area contributed by atoms with Crippen molar-refractivity contribution in [1.29, 1.82) is 0 Å². The van der Waals surface area contributed by atoms with E-state index in [0.29, 0.717) is 24.6 Å². The maximum atomic E-state index is 11.0. The second-order valence-corrected chi connectivity index (χ2v) is 5.39. The SMILES string of the molecule is Nc1ncnc2c1c(I)nn2[C@@H]1CCN(C(=O)O)C1. The molecule has 1 atom stereocenters. The first-order valence-corrected chi connectivity index (χ1v) is 6.78. The van der Waals surface area contributed by atoms with Crippen molar-refractivity contribution in [3.63, 3.8) is 0 Å². The third-order valence-corrected chi connectivity index (χ3v) is 4.01. The molecule has 2 aromatic heterocycles. The summed E-state index contributed by atoms with van der Waals surface area (Å²) in [6.07, 6.45) is 1.22. The summed E-state index contributed by atoms with van der Waals surface area (Å²) in [7, 11) is 0. The van der Waals surface area contributed by atoms with Crippen molar-refractivity contribution < 1.29 is 9.90 Å². The van der Waals surface area contributed by atoms with Crippen LogP contribution in [0.1, 0.15) is 12.5 Å². The molecule has 0 saturated carbocycles. The van der Waals surface area contributed by atoms with Gasteiger partial charge in [0.25, 0.3) is 0 Å². The van der Waals surface area contributed by atoms with Crippen LogP contribution < -0.4 is 5.73 Å². The molecule has 19 heavy (non-hydrogen) atoms. The van der Waals surface area contributed by atoms with Crippen LogP contribution >= 0.6 is 22.6 Å². The molecule has 100 valence electrons. The number of rotatable bonds is 1. The molecule has 1 amide bonds. The van der Waals surface area contributed by atoms with Crippen LogP contribution in [0.15, 0.2) is 6.33 Å². The minimum atomic E-state index is -0.900. The highest BCUT2D eigenvalue weighted by atomic mass is 127. The molecule has 2 aromatic rings. The number of nitrogens with two attached hydrogens (primary N) is 1. The highest BCUT2D eigenvalue weighted by molar-refractivity contribution is 14.1. The average molecular weight is 374 g/mol. The van der Waals surface area contributed by atoms with Crippen LogP contribution in [0.2, 0.25) is 0 Å². The number of fused-ring (bicyclic) bond motifs is 1. The van der Waals surface area contributed by atoms with Gasteiger partial charge in [0.05, 0.1) is 11.4 Å². The van der Waals surface area contributed by atoms with Gasteiger partial charge in [-0.1, -0.05) is 0 Å². The largest absolute Gasteiger partial charge is 0.465 e. The van der Waals surface area contributed by atoms with Crippen molar-refractivity contribution in [2.75, 3.05) is 18.8 Å². The lowest BCUT2D eigenvalue weighted by Gasteiger charge is -2.13. The Morgan fingerprint density at radius 2 is 2.32 bits per heavy atom. The highest BCUT2D eigenvalue weighted by Gasteiger charge is 2.30. The van der Waals surface area contributed by atoms with Gasteiger partial charge in [0.15, 0.2) is 5.65 Å². The molecule has 0 spiro atoms. The number of hydrogen-bond donors (Lipinski definition) is 2. The van der Waals surface area contributed by atoms with E-state index in [2.05, 4.69) is 37.7 Å². The first kappa shape index (κ1) is 12.4. The van der Waals surface area contributed by atoms with E-state index in [1.807, 2.05) is 0 Å². The molecule has 8 nitrogen and oxygen atoms in total. The Morgan fingerprint density at radius 3 is 3.00 bits per heavy atom. The van der Waals surface area contributed by atoms with Crippen LogP contribution in [0.5, 0.6) is 0 Å². The molecular weight excluding hydrogens is 363 g/mol. The van der Waals surface area contributed by atoms with Gasteiger partial charge < -0.3 is 15.7 Å². The van der Waals surface area contributed by atoms with Gasteiger partial charge in [-0.15, -0.1) is 0 Å². The molecular formula is C10H11IN6O2. The lowest BCUT2D eigenvalue weighted by Crippen LogP contribution is -2.27. The molecule has 9 heteroatoms. The summed E-state index contributed by atoms with van der Waals surface area (Å²) < 4.78 is 2.50. The van der Waals surface area contributed by atoms with Crippen molar-refractivity contribution in [2.24, 2.45) is 0 Å². The summed E-state index contributed by atoms with van der Waals surface area (Å²) in [5.74, 6) is 0.397. The van der Waals surface area contributed by atoms with Gasteiger partial charge in [-0.05, 0) is 29.0 Å². The molecule has 1 aliphatic heterocycles. The van der Waals surface area contributed by atoms with Crippen LogP contribution in [0.3, 0.4) is 0 Å². The molecule has 1 fully saturated rings. The van der Waals surface area contributed by atoms with Crippen molar-refractivity contribution in [2.45, 2.75) is 12.5 Å². The molecule has 3 heterocycles. The minimum Gasteiger partial charge on any atom is -0.465 e. The fraction of sp³-hybridized carbons (Fsp3) is 0.400. The summed E-state index contributed by atoms with van der Waals surface area (Å²) in [6.45, 7) is 0.935. The molecule has 0 bridgehead atoms. The normalized spacial score (nSPS) is 19.2. The van der Waals surface area contributed by atoms with Gasteiger partial charge >= 0.3 is 6.09 Å². The number of aromatic nitrogens is 4. The van der Waals surface area contributed by atoms with E-state index >= 15 is 0 Å². The van der Waals surface area contributed by atoms with Crippen molar-refractivity contribution >= 4 is 45.5 Å². The summed E-state index contributed by atoms with van der Waals surface area (Å²) in [5, 5.41) is 14.2. The van der Waals surface area contributed by atoms with E-state index in [9.17, 15) is 4.79 Å². The minimum absolute atomic E-state index is 0.00332. The smallest absolute Gasteiger partial charge is 0.407 e. The number of amides is 1. The molecule has 0 aromatic carbocycles. The Balaban J connectivity index is 2.03. The van der Waals surface area contributed by atoms with Gasteiger partial charge in [0.2, 0.25) is 0 Å². The Hall–Kier alpha value is -1.65. The Kier molecular flexibility index (Phi) is 2.92. The Bertz CT molecular complexity index is 657. The van der Waals surface area contributed by atoms with Gasteiger partial charge in [-0.2, -0.15) is 5.10 Å². The predicted octanol–water partition coefficient (Wildman–Crippen LogP) is 0.938. The van der Waals surface area contributed by atoms with E-state index in [0.717, 1.165) is 15.5 Å². The molecule has 0 unspecified atom stereocenters. The van der Waals surface area contributed by atoms with Crippen molar-refractivity contribution in [3.05, 3.63) is 10.0 Å². The summed E-state index contributed by atoms with van der Waals surface area (Å²) >= 11 is 2.09. The predicted molar refractivity (Wildman–Crippen MR) is 75.7 cm³/mol. The van der Waals surface area contributed by atoms with E-state index < -0.39 is 6.09 Å². The topological polar surface area (TPSA) is 110 Å². The summed E-state index contributed by atoms with van der Waals surface area (Å²) in [5.41, 5.74) is 6.49. The van der Waals surface area contributed by atoms with Crippen molar-refractivity contribution in [3.8, 4) is 0 Å². The third-order valence-electron chi connectivity index (χ3n) is 3.26. The quantitative estimate of drug-likeness (QED) is 0.719. The van der Waals surface area contributed by atoms with Gasteiger partial charge in [0.1, 0.15) is 15.8 Å². The zero-order valence-corrected chi connectivity index (χ0v) is 12.0. The van der Waals surface area contributed by atoms with Crippen molar-refractivity contribution in [1.82, 2.24) is 24.6 Å². The van der Waals surface area contributed by atoms with Crippen LogP contribution in [0, 0.1) is 3.70 Å². The van der Waals surface area contributed by atoms with E-state index in [1.165, 1.54) is 11.2 Å². The number of nitrogen functional groups attached to an aromatic ring is 1. The Morgan fingerprint density at radius 1 is 1.53 bits per heavy atom. The maximum absolute atomic E-state index is 11.0. The number of nitrogens with zero attached hydrogens (tertiary/aromatic N) is 5. The first-order chi connectivity index (χ1) is 9.08. The second-order valence-electron chi connectivity index (χ2n) is 4.36. The standard InChI is InChI=1S/C10H11IN6O2/c11-7-6-8(12)13-4-14-9(6)17(15-7)5-1-2-16(3-5)10(18)19/h4-5H,1-3H2,(H,18,19)(H2,12,13,14)/t5-/m1/s1. The zero-order chi connectivity index (χ0) is 13.6.